The van der Waals surface area contributed by atoms with Crippen molar-refractivity contribution in [3.63, 3.8) is 0 Å². The molecule has 1 aromatic carbocycles. The molecule has 0 unspecified atom stereocenters. The molecular formula is C32H39F2N3O4. The van der Waals surface area contributed by atoms with E-state index in [4.69, 9.17) is 9.47 Å². The summed E-state index contributed by atoms with van der Waals surface area (Å²) in [6.07, 6.45) is 2.59. The maximum Gasteiger partial charge on any atom is 0.337 e. The first-order valence-electron chi connectivity index (χ1n) is 13.9. The Bertz CT molecular complexity index is 1380. The van der Waals surface area contributed by atoms with Gasteiger partial charge in [0.15, 0.2) is 6.10 Å². The van der Waals surface area contributed by atoms with Gasteiger partial charge in [-0.2, -0.15) is 9.37 Å². The lowest BCUT2D eigenvalue weighted by Crippen LogP contribution is -2.39. The van der Waals surface area contributed by atoms with Crippen molar-refractivity contribution < 1.29 is 28.2 Å². The first-order valence-corrected chi connectivity index (χ1v) is 13.9. The van der Waals surface area contributed by atoms with Gasteiger partial charge in [-0.15, -0.1) is 0 Å². The number of rotatable bonds is 9. The van der Waals surface area contributed by atoms with Crippen LogP contribution in [0.1, 0.15) is 70.4 Å². The highest BCUT2D eigenvalue weighted by molar-refractivity contribution is 5.86. The van der Waals surface area contributed by atoms with Gasteiger partial charge in [0, 0.05) is 54.2 Å². The number of hydrogen-bond donors (Lipinski definition) is 1. The van der Waals surface area contributed by atoms with Gasteiger partial charge in [0.25, 0.3) is 0 Å². The zero-order chi connectivity index (χ0) is 29.9. The summed E-state index contributed by atoms with van der Waals surface area (Å²) in [5, 5.41) is 10.3. The second-order valence-electron chi connectivity index (χ2n) is 12.3. The highest BCUT2D eigenvalue weighted by Crippen LogP contribution is 2.44. The summed E-state index contributed by atoms with van der Waals surface area (Å²) in [4.78, 5) is 23.2. The zero-order valence-electron chi connectivity index (χ0n) is 24.6. The van der Waals surface area contributed by atoms with Gasteiger partial charge in [-0.05, 0) is 69.7 Å². The fraction of sp³-hybridized carbons (Fsp3) is 0.469. The Labute approximate surface area is 240 Å². The van der Waals surface area contributed by atoms with E-state index in [1.807, 2.05) is 0 Å². The number of nitrogens with zero attached hydrogens (tertiary/aromatic N) is 3. The SMILES string of the molecule is Cc1ncc(-c2ccc(OCCc3ccc(F)cc3)nc2F)c(N2CCC(C)(C)CC2)c1[C@H](OC(C)(C)C)C(=O)O. The van der Waals surface area contributed by atoms with Gasteiger partial charge in [0.1, 0.15) is 5.82 Å². The number of pyridine rings is 2. The van der Waals surface area contributed by atoms with Crippen molar-refractivity contribution in [3.8, 4) is 17.0 Å². The smallest absolute Gasteiger partial charge is 0.337 e. The van der Waals surface area contributed by atoms with E-state index < -0.39 is 23.6 Å². The molecule has 220 valence electrons. The standard InChI is InChI=1S/C32H39F2N3O4/c1-20-26(28(30(38)39)41-31(2,3)4)27(37-16-14-32(5,6)15-17-37)24(19-35-20)23-11-12-25(36-29(23)34)40-18-13-21-7-9-22(33)10-8-21/h7-12,19,28H,13-18H2,1-6H3,(H,38,39)/t28-/m0/s1. The number of carboxylic acid groups (broad SMARTS) is 1. The van der Waals surface area contributed by atoms with Crippen molar-refractivity contribution in [1.82, 2.24) is 9.97 Å². The lowest BCUT2D eigenvalue weighted by molar-refractivity contribution is -0.160. The fourth-order valence-electron chi connectivity index (χ4n) is 5.01. The number of piperidine rings is 1. The molecule has 9 heteroatoms. The van der Waals surface area contributed by atoms with Crippen LogP contribution in [0.25, 0.3) is 11.1 Å². The van der Waals surface area contributed by atoms with Crippen molar-refractivity contribution >= 4 is 11.7 Å². The molecule has 1 fully saturated rings. The average molecular weight is 568 g/mol. The summed E-state index contributed by atoms with van der Waals surface area (Å²) in [7, 11) is 0. The Kier molecular flexibility index (Phi) is 8.97. The molecule has 1 aliphatic rings. The molecule has 0 amide bonds. The molecule has 0 bridgehead atoms. The minimum Gasteiger partial charge on any atom is -0.479 e. The Hall–Kier alpha value is -3.59. The fourth-order valence-corrected chi connectivity index (χ4v) is 5.01. The molecule has 2 aromatic heterocycles. The minimum atomic E-state index is -1.29. The van der Waals surface area contributed by atoms with E-state index in [1.54, 1.807) is 58.2 Å². The van der Waals surface area contributed by atoms with E-state index in [9.17, 15) is 14.3 Å². The Balaban J connectivity index is 1.71. The van der Waals surface area contributed by atoms with Crippen LogP contribution in [0.15, 0.2) is 42.6 Å². The van der Waals surface area contributed by atoms with Crippen LogP contribution < -0.4 is 9.64 Å². The van der Waals surface area contributed by atoms with Crippen LogP contribution in [-0.2, 0) is 16.0 Å². The van der Waals surface area contributed by atoms with Crippen molar-refractivity contribution in [2.24, 2.45) is 5.41 Å². The molecule has 1 atom stereocenters. The Morgan fingerprint density at radius 1 is 1.07 bits per heavy atom. The Morgan fingerprint density at radius 3 is 2.32 bits per heavy atom. The third-order valence-corrected chi connectivity index (χ3v) is 7.35. The summed E-state index contributed by atoms with van der Waals surface area (Å²) < 4.78 is 40.5. The van der Waals surface area contributed by atoms with E-state index in [2.05, 4.69) is 28.7 Å². The van der Waals surface area contributed by atoms with E-state index in [-0.39, 0.29) is 29.3 Å². The summed E-state index contributed by atoms with van der Waals surface area (Å²) in [6.45, 7) is 13.2. The predicted octanol–water partition coefficient (Wildman–Crippen LogP) is 6.92. The molecule has 7 nitrogen and oxygen atoms in total. The molecule has 41 heavy (non-hydrogen) atoms. The van der Waals surface area contributed by atoms with Gasteiger partial charge in [0.05, 0.1) is 17.9 Å². The van der Waals surface area contributed by atoms with Crippen LogP contribution >= 0.6 is 0 Å². The van der Waals surface area contributed by atoms with Crippen LogP contribution in [0.5, 0.6) is 5.88 Å². The van der Waals surface area contributed by atoms with E-state index in [0.717, 1.165) is 18.4 Å². The van der Waals surface area contributed by atoms with Gasteiger partial charge in [-0.1, -0.05) is 26.0 Å². The molecule has 1 N–H and O–H groups in total. The molecule has 1 saturated heterocycles. The Morgan fingerprint density at radius 2 is 1.73 bits per heavy atom. The lowest BCUT2D eigenvalue weighted by Gasteiger charge is -2.40. The molecule has 0 saturated carbocycles. The van der Waals surface area contributed by atoms with Crippen LogP contribution in [0, 0.1) is 24.1 Å². The predicted molar refractivity (Wildman–Crippen MR) is 154 cm³/mol. The minimum absolute atomic E-state index is 0.120. The van der Waals surface area contributed by atoms with Gasteiger partial charge in [0.2, 0.25) is 11.8 Å². The number of halogens is 2. The number of carbonyl (C=O) groups is 1. The number of carboxylic acids is 1. The monoisotopic (exact) mass is 567 g/mol. The van der Waals surface area contributed by atoms with Crippen LogP contribution in [0.3, 0.4) is 0 Å². The van der Waals surface area contributed by atoms with E-state index in [0.29, 0.717) is 42.0 Å². The van der Waals surface area contributed by atoms with Crippen molar-refractivity contribution in [2.75, 3.05) is 24.6 Å². The summed E-state index contributed by atoms with van der Waals surface area (Å²) in [6, 6.07) is 9.29. The van der Waals surface area contributed by atoms with Crippen molar-refractivity contribution in [3.05, 3.63) is 71.2 Å². The summed E-state index contributed by atoms with van der Waals surface area (Å²) in [5.74, 6) is -2.07. The van der Waals surface area contributed by atoms with Crippen LogP contribution in [0.2, 0.25) is 0 Å². The zero-order valence-corrected chi connectivity index (χ0v) is 24.6. The molecule has 0 aliphatic carbocycles. The normalized spacial score (nSPS) is 16.0. The van der Waals surface area contributed by atoms with Crippen molar-refractivity contribution in [2.45, 2.75) is 72.5 Å². The van der Waals surface area contributed by atoms with Gasteiger partial charge < -0.3 is 19.5 Å². The largest absolute Gasteiger partial charge is 0.479 e. The van der Waals surface area contributed by atoms with Gasteiger partial charge in [-0.25, -0.2) is 9.18 Å². The molecule has 0 spiro atoms. The van der Waals surface area contributed by atoms with Crippen molar-refractivity contribution in [1.29, 1.82) is 0 Å². The molecular weight excluding hydrogens is 528 g/mol. The molecule has 1 aliphatic heterocycles. The number of aliphatic carboxylic acids is 1. The maximum atomic E-state index is 15.6. The average Bonchev–Trinajstić information content (AvgIpc) is 2.88. The number of hydrogen-bond acceptors (Lipinski definition) is 6. The lowest BCUT2D eigenvalue weighted by atomic mass is 9.82. The maximum absolute atomic E-state index is 15.6. The number of benzene rings is 1. The molecule has 4 rings (SSSR count). The molecule has 3 heterocycles. The molecule has 0 radical (unpaired) electrons. The van der Waals surface area contributed by atoms with Crippen LogP contribution in [0.4, 0.5) is 14.5 Å². The number of anilines is 1. The second kappa shape index (κ2) is 12.1. The van der Waals surface area contributed by atoms with E-state index in [1.165, 1.54) is 12.1 Å². The first-order chi connectivity index (χ1) is 19.2. The van der Waals surface area contributed by atoms with Gasteiger partial charge in [-0.3, -0.25) is 4.98 Å². The van der Waals surface area contributed by atoms with Gasteiger partial charge >= 0.3 is 5.97 Å². The topological polar surface area (TPSA) is 84.8 Å². The quantitative estimate of drug-likeness (QED) is 0.281. The highest BCUT2D eigenvalue weighted by atomic mass is 19.1. The van der Waals surface area contributed by atoms with E-state index >= 15 is 4.39 Å². The molecule has 3 aromatic rings. The summed E-state index contributed by atoms with van der Waals surface area (Å²) in [5.41, 5.74) is 2.49. The highest BCUT2D eigenvalue weighted by Gasteiger charge is 2.36. The second-order valence-corrected chi connectivity index (χ2v) is 12.3. The first kappa shape index (κ1) is 30.4. The third-order valence-electron chi connectivity index (χ3n) is 7.35. The number of ether oxygens (including phenoxy) is 2. The van der Waals surface area contributed by atoms with Crippen LogP contribution in [-0.4, -0.2) is 46.3 Å². The third kappa shape index (κ3) is 7.58. The number of aromatic nitrogens is 2. The number of aryl methyl sites for hydroxylation is 1. The summed E-state index contributed by atoms with van der Waals surface area (Å²) >= 11 is 0.